The zero-order valence-electron chi connectivity index (χ0n) is 14.7. The van der Waals surface area contributed by atoms with Crippen LogP contribution in [0.25, 0.3) is 0 Å². The monoisotopic (exact) mass is 499 g/mol. The van der Waals surface area contributed by atoms with Crippen LogP contribution in [0.1, 0.15) is 39.5 Å². The maximum Gasteiger partial charge on any atom is 0.225 e. The number of nitrogens with zero attached hydrogens (tertiary/aromatic N) is 2. The Morgan fingerprint density at radius 2 is 1.87 bits per heavy atom. The van der Waals surface area contributed by atoms with Gasteiger partial charge in [0.2, 0.25) is 5.91 Å². The summed E-state index contributed by atoms with van der Waals surface area (Å²) in [5, 5.41) is 7.00. The van der Waals surface area contributed by atoms with Crippen molar-refractivity contribution in [2.45, 2.75) is 45.7 Å². The Hall–Kier alpha value is 0.00831. The number of aliphatic hydroxyl groups is 1. The summed E-state index contributed by atoms with van der Waals surface area (Å²) >= 11 is 0. The van der Waals surface area contributed by atoms with Gasteiger partial charge in [-0.2, -0.15) is 6.42 Å². The number of hydrogen-bond donors (Lipinski definition) is 1. The van der Waals surface area contributed by atoms with E-state index in [4.69, 9.17) is 5.11 Å². The SMILES string of the molecule is CC(C)C(=O)N1CCC(CCN2CC[CH-]C(F)C2)CC1.CO.[W]. The van der Waals surface area contributed by atoms with Gasteiger partial charge in [-0.15, -0.1) is 0 Å². The van der Waals surface area contributed by atoms with Gasteiger partial charge in [-0.3, -0.25) is 15.6 Å². The Labute approximate surface area is 155 Å². The molecule has 2 rings (SSSR count). The van der Waals surface area contributed by atoms with Gasteiger partial charge < -0.3 is 14.9 Å². The predicted molar refractivity (Wildman–Crippen MR) is 87.2 cm³/mol. The normalized spacial score (nSPS) is 23.0. The number of aliphatic hydroxyl groups excluding tert-OH is 1. The van der Waals surface area contributed by atoms with E-state index in [0.29, 0.717) is 12.5 Å². The van der Waals surface area contributed by atoms with Crippen molar-refractivity contribution < 1.29 is 35.4 Å². The van der Waals surface area contributed by atoms with Crippen molar-refractivity contribution in [3.63, 3.8) is 0 Å². The first kappa shape index (κ1) is 23.0. The van der Waals surface area contributed by atoms with Crippen molar-refractivity contribution in [3.8, 4) is 0 Å². The molecule has 1 atom stereocenters. The van der Waals surface area contributed by atoms with Crippen molar-refractivity contribution in [2.75, 3.05) is 39.8 Å². The fraction of sp³-hybridized carbons (Fsp3) is 0.882. The number of carbonyl (C=O) groups excluding carboxylic acids is 1. The molecule has 136 valence electrons. The van der Waals surface area contributed by atoms with Crippen LogP contribution in [0.4, 0.5) is 4.39 Å². The quantitative estimate of drug-likeness (QED) is 0.604. The summed E-state index contributed by atoms with van der Waals surface area (Å²) in [6, 6.07) is 0. The molecule has 2 heterocycles. The average molecular weight is 499 g/mol. The standard InChI is InChI=1S/C16H28FN2O.CH4O.W/c1-13(2)16(20)19-10-6-14(7-11-19)5-9-18-8-3-4-15(17)12-18;1-2;/h4,13-15H,3,5-12H2,1-2H3;2H,1H3;/q-1;;. The molecule has 2 aliphatic heterocycles. The van der Waals surface area contributed by atoms with Crippen LogP contribution in [0, 0.1) is 18.3 Å². The second kappa shape index (κ2) is 12.4. The van der Waals surface area contributed by atoms with Crippen LogP contribution in [-0.2, 0) is 25.9 Å². The Morgan fingerprint density at radius 3 is 2.39 bits per heavy atom. The van der Waals surface area contributed by atoms with E-state index in [1.165, 1.54) is 0 Å². The van der Waals surface area contributed by atoms with Crippen LogP contribution < -0.4 is 0 Å². The Morgan fingerprint density at radius 1 is 1.26 bits per heavy atom. The number of rotatable bonds is 4. The van der Waals surface area contributed by atoms with Crippen LogP contribution in [0.2, 0.25) is 0 Å². The summed E-state index contributed by atoms with van der Waals surface area (Å²) in [6.07, 6.45) is 5.29. The number of piperidine rings is 2. The maximum absolute atomic E-state index is 13.3. The van der Waals surface area contributed by atoms with Crippen LogP contribution in [0.15, 0.2) is 0 Å². The minimum atomic E-state index is -0.741. The van der Waals surface area contributed by atoms with Crippen molar-refractivity contribution >= 4 is 5.91 Å². The van der Waals surface area contributed by atoms with E-state index in [0.717, 1.165) is 59.0 Å². The smallest absolute Gasteiger partial charge is 0.225 e. The molecule has 0 aromatic carbocycles. The molecule has 0 aliphatic carbocycles. The molecule has 4 nitrogen and oxygen atoms in total. The molecule has 0 aromatic heterocycles. The molecule has 2 saturated heterocycles. The Kier molecular flexibility index (Phi) is 12.4. The zero-order chi connectivity index (χ0) is 16.5. The summed E-state index contributed by atoms with van der Waals surface area (Å²) in [6.45, 7) is 8.33. The number of alkyl halides is 1. The largest absolute Gasteiger partial charge is 0.400 e. The van der Waals surface area contributed by atoms with Crippen LogP contribution in [0.5, 0.6) is 0 Å². The summed E-state index contributed by atoms with van der Waals surface area (Å²) in [4.78, 5) is 16.2. The Bertz CT molecular complexity index is 324. The van der Waals surface area contributed by atoms with Crippen LogP contribution in [0.3, 0.4) is 0 Å². The summed E-state index contributed by atoms with van der Waals surface area (Å²) in [5.74, 6) is 1.10. The van der Waals surface area contributed by atoms with Crippen molar-refractivity contribution in [1.82, 2.24) is 9.80 Å². The third-order valence-corrected chi connectivity index (χ3v) is 4.57. The number of carbonyl (C=O) groups is 1. The predicted octanol–water partition coefficient (Wildman–Crippen LogP) is 2.13. The van der Waals surface area contributed by atoms with Crippen molar-refractivity contribution in [3.05, 3.63) is 6.42 Å². The van der Waals surface area contributed by atoms with Gasteiger partial charge in [0.05, 0.1) is 0 Å². The average Bonchev–Trinajstić information content (AvgIpc) is 2.54. The molecular formula is C17H32FN2O2W-. The molecule has 6 heteroatoms. The summed E-state index contributed by atoms with van der Waals surface area (Å²) in [5.41, 5.74) is 0. The van der Waals surface area contributed by atoms with Crippen LogP contribution in [-0.4, -0.2) is 66.8 Å². The topological polar surface area (TPSA) is 43.8 Å². The second-order valence-corrected chi connectivity index (χ2v) is 6.55. The van der Waals surface area contributed by atoms with Crippen molar-refractivity contribution in [2.24, 2.45) is 11.8 Å². The molecule has 1 amide bonds. The molecule has 1 unspecified atom stereocenters. The van der Waals surface area contributed by atoms with Gasteiger partial charge in [0, 0.05) is 53.7 Å². The number of hydrogen-bond acceptors (Lipinski definition) is 3. The third-order valence-electron chi connectivity index (χ3n) is 4.57. The fourth-order valence-corrected chi connectivity index (χ4v) is 3.23. The van der Waals surface area contributed by atoms with Gasteiger partial charge in [-0.1, -0.05) is 13.8 Å². The molecule has 0 spiro atoms. The molecule has 23 heavy (non-hydrogen) atoms. The third kappa shape index (κ3) is 8.09. The van der Waals surface area contributed by atoms with E-state index in [1.54, 1.807) is 6.42 Å². The fourth-order valence-electron chi connectivity index (χ4n) is 3.23. The molecule has 2 aliphatic rings. The molecule has 2 fully saturated rings. The van der Waals surface area contributed by atoms with Gasteiger partial charge in [-0.25, -0.2) is 0 Å². The van der Waals surface area contributed by atoms with Gasteiger partial charge in [-0.05, 0) is 44.4 Å². The summed E-state index contributed by atoms with van der Waals surface area (Å²) in [7, 11) is 1.00. The van der Waals surface area contributed by atoms with Gasteiger partial charge in [0.15, 0.2) is 0 Å². The Balaban J connectivity index is 0.00000155. The first-order valence-electron chi connectivity index (χ1n) is 8.49. The van der Waals surface area contributed by atoms with E-state index >= 15 is 0 Å². The molecule has 0 bridgehead atoms. The second-order valence-electron chi connectivity index (χ2n) is 6.55. The first-order chi connectivity index (χ1) is 10.6. The molecule has 1 N–H and O–H groups in total. The first-order valence-corrected chi connectivity index (χ1v) is 8.49. The molecule has 0 radical (unpaired) electrons. The number of halogens is 1. The zero-order valence-corrected chi connectivity index (χ0v) is 17.6. The summed E-state index contributed by atoms with van der Waals surface area (Å²) < 4.78 is 13.3. The molecule has 0 saturated carbocycles. The number of amides is 1. The maximum atomic E-state index is 13.3. The minimum Gasteiger partial charge on any atom is -0.400 e. The van der Waals surface area contributed by atoms with E-state index < -0.39 is 6.17 Å². The van der Waals surface area contributed by atoms with Gasteiger partial charge >= 0.3 is 0 Å². The van der Waals surface area contributed by atoms with Gasteiger partial charge in [0.1, 0.15) is 0 Å². The molecule has 0 aromatic rings. The van der Waals surface area contributed by atoms with E-state index in [9.17, 15) is 9.18 Å². The van der Waals surface area contributed by atoms with E-state index in [2.05, 4.69) is 4.90 Å². The number of likely N-dealkylation sites (tertiary alicyclic amines) is 2. The van der Waals surface area contributed by atoms with Crippen LogP contribution >= 0.6 is 0 Å². The van der Waals surface area contributed by atoms with Gasteiger partial charge in [0.25, 0.3) is 0 Å². The van der Waals surface area contributed by atoms with Crippen molar-refractivity contribution in [1.29, 1.82) is 0 Å². The van der Waals surface area contributed by atoms with E-state index in [1.807, 2.05) is 18.7 Å². The minimum absolute atomic E-state index is 0. The molecular weight excluding hydrogens is 467 g/mol. The van der Waals surface area contributed by atoms with E-state index in [-0.39, 0.29) is 32.9 Å².